The number of aryl methyl sites for hydroxylation is 3. The second-order valence-corrected chi connectivity index (χ2v) is 9.29. The van der Waals surface area contributed by atoms with Crippen LogP contribution in [0, 0.1) is 19.8 Å². The highest BCUT2D eigenvalue weighted by atomic mass is 32.2. The average Bonchev–Trinajstić information content (AvgIpc) is 2.93. The normalized spacial score (nSPS) is 16.9. The summed E-state index contributed by atoms with van der Waals surface area (Å²) in [6.45, 7) is 8.25. The van der Waals surface area contributed by atoms with Crippen molar-refractivity contribution in [2.45, 2.75) is 57.9 Å². The summed E-state index contributed by atoms with van der Waals surface area (Å²) in [5.74, 6) is 0.478. The molecule has 2 aromatic rings. The van der Waals surface area contributed by atoms with Crippen LogP contribution < -0.4 is 0 Å². The van der Waals surface area contributed by atoms with E-state index in [9.17, 15) is 8.42 Å². The summed E-state index contributed by atoms with van der Waals surface area (Å²) in [5, 5.41) is 4.53. The lowest BCUT2D eigenvalue weighted by Gasteiger charge is -2.31. The van der Waals surface area contributed by atoms with Crippen molar-refractivity contribution >= 4 is 10.0 Å². The van der Waals surface area contributed by atoms with Gasteiger partial charge in [-0.2, -0.15) is 9.40 Å². The van der Waals surface area contributed by atoms with Crippen LogP contribution in [-0.4, -0.2) is 35.6 Å². The van der Waals surface area contributed by atoms with E-state index in [-0.39, 0.29) is 0 Å². The molecule has 1 aromatic carbocycles. The maximum Gasteiger partial charge on any atom is 0.243 e. The molecule has 3 rings (SSSR count). The fourth-order valence-electron chi connectivity index (χ4n) is 3.70. The molecule has 0 bridgehead atoms. The van der Waals surface area contributed by atoms with Crippen LogP contribution in [0.25, 0.3) is 0 Å². The lowest BCUT2D eigenvalue weighted by Crippen LogP contribution is -2.39. The average molecular weight is 376 g/mol. The molecule has 6 heteroatoms. The summed E-state index contributed by atoms with van der Waals surface area (Å²) in [6, 6.07) is 9.46. The van der Waals surface area contributed by atoms with Crippen molar-refractivity contribution in [2.75, 3.05) is 13.1 Å². The molecule has 0 N–H and O–H groups in total. The first-order valence-corrected chi connectivity index (χ1v) is 10.9. The van der Waals surface area contributed by atoms with Gasteiger partial charge in [0.1, 0.15) is 0 Å². The molecule has 1 aromatic heterocycles. The van der Waals surface area contributed by atoms with Gasteiger partial charge in [-0.15, -0.1) is 0 Å². The lowest BCUT2D eigenvalue weighted by atomic mass is 9.98. The number of rotatable bonds is 6. The maximum atomic E-state index is 12.9. The second kappa shape index (κ2) is 7.92. The molecule has 1 aliphatic heterocycles. The number of aromatic nitrogens is 2. The van der Waals surface area contributed by atoms with Crippen molar-refractivity contribution in [2.24, 2.45) is 5.92 Å². The van der Waals surface area contributed by atoms with Crippen LogP contribution in [0.4, 0.5) is 0 Å². The van der Waals surface area contributed by atoms with E-state index in [0.29, 0.717) is 23.9 Å². The Hall–Kier alpha value is -1.66. The molecule has 0 atom stereocenters. The molecule has 5 nitrogen and oxygen atoms in total. The number of nitrogens with zero attached hydrogens (tertiary/aromatic N) is 3. The third-order valence-corrected chi connectivity index (χ3v) is 7.12. The van der Waals surface area contributed by atoms with E-state index in [0.717, 1.165) is 37.9 Å². The molecule has 0 aliphatic carbocycles. The van der Waals surface area contributed by atoms with Crippen LogP contribution in [-0.2, 0) is 23.0 Å². The predicted molar refractivity (Wildman–Crippen MR) is 104 cm³/mol. The minimum Gasteiger partial charge on any atom is -0.269 e. The van der Waals surface area contributed by atoms with Crippen molar-refractivity contribution in [3.8, 4) is 0 Å². The molecule has 26 heavy (non-hydrogen) atoms. The van der Waals surface area contributed by atoms with Crippen LogP contribution in [0.15, 0.2) is 35.2 Å². The smallest absolute Gasteiger partial charge is 0.243 e. The summed E-state index contributed by atoms with van der Waals surface area (Å²) in [6.07, 6.45) is 3.81. The summed E-state index contributed by atoms with van der Waals surface area (Å²) >= 11 is 0. The molecule has 0 amide bonds. The first-order chi connectivity index (χ1) is 12.4. The molecule has 0 spiro atoms. The van der Waals surface area contributed by atoms with Crippen LogP contribution in [0.1, 0.15) is 43.1 Å². The Morgan fingerprint density at radius 3 is 2.31 bits per heavy atom. The SMILES string of the molecule is CCCc1ccc(S(=O)(=O)N2CCC(Cn3nc(C)cc3C)CC2)cc1. The summed E-state index contributed by atoms with van der Waals surface area (Å²) in [7, 11) is -3.38. The third kappa shape index (κ3) is 4.18. The van der Waals surface area contributed by atoms with Crippen molar-refractivity contribution in [1.29, 1.82) is 0 Å². The van der Waals surface area contributed by atoms with Gasteiger partial charge >= 0.3 is 0 Å². The van der Waals surface area contributed by atoms with Crippen molar-refractivity contribution < 1.29 is 8.42 Å². The van der Waals surface area contributed by atoms with E-state index in [2.05, 4.69) is 29.7 Å². The number of benzene rings is 1. The zero-order valence-corrected chi connectivity index (χ0v) is 16.8. The second-order valence-electron chi connectivity index (χ2n) is 7.35. The van der Waals surface area contributed by atoms with Crippen molar-refractivity contribution in [1.82, 2.24) is 14.1 Å². The highest BCUT2D eigenvalue weighted by molar-refractivity contribution is 7.89. The monoisotopic (exact) mass is 375 g/mol. The van der Waals surface area contributed by atoms with Gasteiger partial charge in [-0.1, -0.05) is 25.5 Å². The molecule has 0 radical (unpaired) electrons. The van der Waals surface area contributed by atoms with Crippen LogP contribution in [0.2, 0.25) is 0 Å². The third-order valence-electron chi connectivity index (χ3n) is 5.21. The summed E-state index contributed by atoms with van der Waals surface area (Å²) in [5.41, 5.74) is 3.40. The molecular weight excluding hydrogens is 346 g/mol. The molecule has 1 fully saturated rings. The van der Waals surface area contributed by atoms with Gasteiger partial charge in [-0.3, -0.25) is 4.68 Å². The fraction of sp³-hybridized carbons (Fsp3) is 0.550. The van der Waals surface area contributed by atoms with Gasteiger partial charge in [0.05, 0.1) is 10.6 Å². The fourth-order valence-corrected chi connectivity index (χ4v) is 5.17. The molecule has 1 saturated heterocycles. The van der Waals surface area contributed by atoms with E-state index in [4.69, 9.17) is 0 Å². The van der Waals surface area contributed by atoms with Crippen molar-refractivity contribution in [3.63, 3.8) is 0 Å². The first-order valence-electron chi connectivity index (χ1n) is 9.50. The quantitative estimate of drug-likeness (QED) is 0.776. The Morgan fingerprint density at radius 1 is 1.12 bits per heavy atom. The van der Waals surface area contributed by atoms with E-state index in [1.54, 1.807) is 16.4 Å². The topological polar surface area (TPSA) is 55.2 Å². The van der Waals surface area contributed by atoms with Gasteiger partial charge in [0, 0.05) is 25.3 Å². The van der Waals surface area contributed by atoms with Gasteiger partial charge in [0.2, 0.25) is 10.0 Å². The Bertz CT molecular complexity index is 832. The van der Waals surface area contributed by atoms with Gasteiger partial charge in [0.15, 0.2) is 0 Å². The largest absolute Gasteiger partial charge is 0.269 e. The van der Waals surface area contributed by atoms with Crippen LogP contribution in [0.5, 0.6) is 0 Å². The standard InChI is InChI=1S/C20H29N3O2S/c1-4-5-18-6-8-20(9-7-18)26(24,25)22-12-10-19(11-13-22)15-23-17(3)14-16(2)21-23/h6-9,14,19H,4-5,10-13,15H2,1-3H3. The van der Waals surface area contributed by atoms with E-state index >= 15 is 0 Å². The summed E-state index contributed by atoms with van der Waals surface area (Å²) in [4.78, 5) is 0.411. The van der Waals surface area contributed by atoms with Crippen LogP contribution in [0.3, 0.4) is 0 Å². The number of sulfonamides is 1. The van der Waals surface area contributed by atoms with Gasteiger partial charge in [-0.25, -0.2) is 8.42 Å². The minimum absolute atomic E-state index is 0.411. The van der Waals surface area contributed by atoms with E-state index in [1.165, 1.54) is 11.3 Å². The molecule has 2 heterocycles. The van der Waals surface area contributed by atoms with E-state index in [1.807, 2.05) is 19.1 Å². The first kappa shape index (κ1) is 19.1. The molecule has 0 saturated carbocycles. The predicted octanol–water partition coefficient (Wildman–Crippen LogP) is 3.55. The molecule has 1 aliphatic rings. The van der Waals surface area contributed by atoms with Gasteiger partial charge in [0.25, 0.3) is 0 Å². The molecule has 0 unspecified atom stereocenters. The highest BCUT2D eigenvalue weighted by Crippen LogP contribution is 2.25. The Labute approximate surface area is 157 Å². The number of hydrogen-bond acceptors (Lipinski definition) is 3. The zero-order chi connectivity index (χ0) is 18.7. The molecule has 142 valence electrons. The number of hydrogen-bond donors (Lipinski definition) is 0. The Balaban J connectivity index is 1.62. The molecular formula is C20H29N3O2S. The van der Waals surface area contributed by atoms with Crippen molar-refractivity contribution in [3.05, 3.63) is 47.3 Å². The maximum absolute atomic E-state index is 12.9. The minimum atomic E-state index is -3.38. The zero-order valence-electron chi connectivity index (χ0n) is 16.0. The van der Waals surface area contributed by atoms with Gasteiger partial charge < -0.3 is 0 Å². The van der Waals surface area contributed by atoms with Gasteiger partial charge in [-0.05, 0) is 62.8 Å². The lowest BCUT2D eigenvalue weighted by molar-refractivity contribution is 0.246. The van der Waals surface area contributed by atoms with Crippen LogP contribution >= 0.6 is 0 Å². The number of piperidine rings is 1. The van der Waals surface area contributed by atoms with E-state index < -0.39 is 10.0 Å². The Morgan fingerprint density at radius 2 is 1.77 bits per heavy atom. The summed E-state index contributed by atoms with van der Waals surface area (Å²) < 4.78 is 29.5. The highest BCUT2D eigenvalue weighted by Gasteiger charge is 2.29. The Kier molecular flexibility index (Phi) is 5.82.